The summed E-state index contributed by atoms with van der Waals surface area (Å²) in [5.41, 5.74) is 3.54. The number of halogens is 1. The molecule has 1 saturated heterocycles. The van der Waals surface area contributed by atoms with Gasteiger partial charge >= 0.3 is 0 Å². The molecular formula is C26H27ClN4O2. The molecular weight excluding hydrogens is 436 g/mol. The average Bonchev–Trinajstić information content (AvgIpc) is 3.28. The second-order valence-corrected chi connectivity index (χ2v) is 9.32. The van der Waals surface area contributed by atoms with Crippen molar-refractivity contribution in [3.8, 4) is 11.3 Å². The van der Waals surface area contributed by atoms with E-state index in [9.17, 15) is 9.59 Å². The Labute approximate surface area is 198 Å². The van der Waals surface area contributed by atoms with E-state index in [1.165, 1.54) is 5.56 Å². The molecule has 2 amide bonds. The van der Waals surface area contributed by atoms with Gasteiger partial charge in [-0.2, -0.15) is 5.10 Å². The maximum absolute atomic E-state index is 13.1. The van der Waals surface area contributed by atoms with Gasteiger partial charge in [0.2, 0.25) is 5.91 Å². The van der Waals surface area contributed by atoms with Gasteiger partial charge in [0.25, 0.3) is 5.91 Å². The van der Waals surface area contributed by atoms with E-state index in [4.69, 9.17) is 11.6 Å². The largest absolute Gasteiger partial charge is 0.341 e. The van der Waals surface area contributed by atoms with Crippen molar-refractivity contribution in [1.82, 2.24) is 19.6 Å². The summed E-state index contributed by atoms with van der Waals surface area (Å²) in [6.45, 7) is 2.72. The molecule has 0 spiro atoms. The zero-order chi connectivity index (χ0) is 22.8. The average molecular weight is 463 g/mol. The number of benzene rings is 2. The fraction of sp³-hybridized carbons (Fsp3) is 0.346. The predicted octanol–water partition coefficient (Wildman–Crippen LogP) is 4.14. The lowest BCUT2D eigenvalue weighted by Crippen LogP contribution is -2.48. The zero-order valence-corrected chi connectivity index (χ0v) is 19.2. The Morgan fingerprint density at radius 1 is 0.970 bits per heavy atom. The van der Waals surface area contributed by atoms with Gasteiger partial charge < -0.3 is 9.80 Å². The van der Waals surface area contributed by atoms with Crippen LogP contribution < -0.4 is 0 Å². The normalized spacial score (nSPS) is 16.7. The van der Waals surface area contributed by atoms with Crippen molar-refractivity contribution in [2.24, 2.45) is 5.92 Å². The summed E-state index contributed by atoms with van der Waals surface area (Å²) in [7, 11) is 0. The number of amides is 2. The highest BCUT2D eigenvalue weighted by atomic mass is 35.5. The molecule has 2 aliphatic rings. The molecule has 0 radical (unpaired) electrons. The Bertz CT molecular complexity index is 1130. The van der Waals surface area contributed by atoms with Crippen molar-refractivity contribution < 1.29 is 9.59 Å². The number of piperidine rings is 1. The third-order valence-electron chi connectivity index (χ3n) is 6.67. The fourth-order valence-electron chi connectivity index (χ4n) is 4.75. The Hall–Kier alpha value is -3.12. The molecule has 3 aromatic rings. The summed E-state index contributed by atoms with van der Waals surface area (Å²) in [5, 5.41) is 5.24. The van der Waals surface area contributed by atoms with Crippen molar-refractivity contribution in [3.63, 3.8) is 0 Å². The van der Waals surface area contributed by atoms with E-state index in [0.717, 1.165) is 43.6 Å². The lowest BCUT2D eigenvalue weighted by Gasteiger charge is -2.34. The summed E-state index contributed by atoms with van der Waals surface area (Å²) in [6, 6.07) is 19.7. The number of carbonyl (C=O) groups excluding carboxylic acids is 2. The Morgan fingerprint density at radius 3 is 2.42 bits per heavy atom. The SMILES string of the molecule is O=C(CN1CCn2nc(-c3ccc(Cl)cc3)cc2C1=O)N1CCC(Cc2ccccc2)CC1. The smallest absolute Gasteiger partial charge is 0.272 e. The number of rotatable bonds is 5. The molecule has 0 N–H and O–H groups in total. The van der Waals surface area contributed by atoms with Crippen LogP contribution >= 0.6 is 11.6 Å². The molecule has 3 heterocycles. The quantitative estimate of drug-likeness (QED) is 0.572. The molecule has 0 atom stereocenters. The van der Waals surface area contributed by atoms with E-state index < -0.39 is 0 Å². The van der Waals surface area contributed by atoms with Crippen molar-refractivity contribution in [2.75, 3.05) is 26.2 Å². The van der Waals surface area contributed by atoms with Gasteiger partial charge in [-0.05, 0) is 48.9 Å². The van der Waals surface area contributed by atoms with Gasteiger partial charge in [0.1, 0.15) is 12.2 Å². The molecule has 6 nitrogen and oxygen atoms in total. The van der Waals surface area contributed by atoms with Crippen LogP contribution in [0.1, 0.15) is 28.9 Å². The molecule has 2 aromatic carbocycles. The molecule has 7 heteroatoms. The molecule has 1 aromatic heterocycles. The van der Waals surface area contributed by atoms with E-state index >= 15 is 0 Å². The minimum absolute atomic E-state index is 0.0346. The molecule has 170 valence electrons. The lowest BCUT2D eigenvalue weighted by atomic mass is 9.90. The van der Waals surface area contributed by atoms with E-state index in [0.29, 0.717) is 29.7 Å². The third-order valence-corrected chi connectivity index (χ3v) is 6.92. The molecule has 0 aliphatic carbocycles. The van der Waals surface area contributed by atoms with E-state index in [-0.39, 0.29) is 18.4 Å². The molecule has 0 bridgehead atoms. The topological polar surface area (TPSA) is 58.4 Å². The van der Waals surface area contributed by atoms with Gasteiger partial charge in [0.15, 0.2) is 0 Å². The van der Waals surface area contributed by atoms with Crippen LogP contribution in [0, 0.1) is 5.92 Å². The first-order valence-corrected chi connectivity index (χ1v) is 11.9. The highest BCUT2D eigenvalue weighted by Crippen LogP contribution is 2.25. The maximum Gasteiger partial charge on any atom is 0.272 e. The summed E-state index contributed by atoms with van der Waals surface area (Å²) in [4.78, 5) is 29.6. The van der Waals surface area contributed by atoms with Crippen molar-refractivity contribution in [1.29, 1.82) is 0 Å². The van der Waals surface area contributed by atoms with E-state index in [2.05, 4.69) is 29.4 Å². The first-order valence-electron chi connectivity index (χ1n) is 11.5. The number of hydrogen-bond donors (Lipinski definition) is 0. The number of hydrogen-bond acceptors (Lipinski definition) is 3. The van der Waals surface area contributed by atoms with Crippen molar-refractivity contribution in [3.05, 3.63) is 76.9 Å². The number of likely N-dealkylation sites (tertiary alicyclic amines) is 1. The first kappa shape index (κ1) is 21.7. The third kappa shape index (κ3) is 4.81. The molecule has 2 aliphatic heterocycles. The first-order chi connectivity index (χ1) is 16.1. The monoisotopic (exact) mass is 462 g/mol. The minimum Gasteiger partial charge on any atom is -0.341 e. The summed E-state index contributed by atoms with van der Waals surface area (Å²) in [6.07, 6.45) is 3.07. The van der Waals surface area contributed by atoms with E-state index in [1.54, 1.807) is 15.6 Å². The Morgan fingerprint density at radius 2 is 1.70 bits per heavy atom. The van der Waals surface area contributed by atoms with Crippen LogP contribution in [0.3, 0.4) is 0 Å². The highest BCUT2D eigenvalue weighted by Gasteiger charge is 2.30. The fourth-order valence-corrected chi connectivity index (χ4v) is 4.87. The summed E-state index contributed by atoms with van der Waals surface area (Å²) >= 11 is 5.98. The van der Waals surface area contributed by atoms with E-state index in [1.807, 2.05) is 35.2 Å². The van der Waals surface area contributed by atoms with Crippen LogP contribution in [0.4, 0.5) is 0 Å². The number of aromatic nitrogens is 2. The molecule has 5 rings (SSSR count). The highest BCUT2D eigenvalue weighted by molar-refractivity contribution is 6.30. The summed E-state index contributed by atoms with van der Waals surface area (Å²) in [5.74, 6) is 0.502. The second-order valence-electron chi connectivity index (χ2n) is 8.89. The number of fused-ring (bicyclic) bond motifs is 1. The Balaban J connectivity index is 1.18. The Kier molecular flexibility index (Phi) is 6.18. The zero-order valence-electron chi connectivity index (χ0n) is 18.5. The molecule has 1 fully saturated rings. The van der Waals surface area contributed by atoms with Crippen LogP contribution in [0.5, 0.6) is 0 Å². The van der Waals surface area contributed by atoms with Gasteiger partial charge in [0.05, 0.1) is 12.2 Å². The van der Waals surface area contributed by atoms with Gasteiger partial charge in [-0.3, -0.25) is 14.3 Å². The van der Waals surface area contributed by atoms with Gasteiger partial charge in [-0.15, -0.1) is 0 Å². The minimum atomic E-state index is -0.138. The maximum atomic E-state index is 13.1. The van der Waals surface area contributed by atoms with Crippen molar-refractivity contribution in [2.45, 2.75) is 25.8 Å². The van der Waals surface area contributed by atoms with Crippen LogP contribution in [0.25, 0.3) is 11.3 Å². The van der Waals surface area contributed by atoms with Crippen LogP contribution in [0.15, 0.2) is 60.7 Å². The number of nitrogens with zero attached hydrogens (tertiary/aromatic N) is 4. The standard InChI is InChI=1S/C26H27ClN4O2/c27-22-8-6-21(7-9-22)23-17-24-26(33)30(14-15-31(24)28-23)18-25(32)29-12-10-20(11-13-29)16-19-4-2-1-3-5-19/h1-9,17,20H,10-16,18H2. The van der Waals surface area contributed by atoms with Crippen LogP contribution in [-0.4, -0.2) is 57.6 Å². The van der Waals surface area contributed by atoms with Gasteiger partial charge in [-0.25, -0.2) is 0 Å². The van der Waals surface area contributed by atoms with Crippen molar-refractivity contribution >= 4 is 23.4 Å². The predicted molar refractivity (Wildman–Crippen MR) is 128 cm³/mol. The molecule has 0 saturated carbocycles. The van der Waals surface area contributed by atoms with Gasteiger partial charge in [0, 0.05) is 30.2 Å². The van der Waals surface area contributed by atoms with Gasteiger partial charge in [-0.1, -0.05) is 54.1 Å². The molecule has 33 heavy (non-hydrogen) atoms. The van der Waals surface area contributed by atoms with Crippen LogP contribution in [-0.2, 0) is 17.8 Å². The molecule has 0 unspecified atom stereocenters. The second kappa shape index (κ2) is 9.40. The lowest BCUT2D eigenvalue weighted by molar-refractivity contribution is -0.133. The number of carbonyl (C=O) groups is 2. The van der Waals surface area contributed by atoms with Crippen LogP contribution in [0.2, 0.25) is 5.02 Å². The summed E-state index contributed by atoms with van der Waals surface area (Å²) < 4.78 is 1.74.